The van der Waals surface area contributed by atoms with Crippen molar-refractivity contribution in [1.82, 2.24) is 15.1 Å². The predicted octanol–water partition coefficient (Wildman–Crippen LogP) is 5.80. The van der Waals surface area contributed by atoms with Crippen LogP contribution in [0.1, 0.15) is 49.3 Å². The first-order valence-corrected chi connectivity index (χ1v) is 16.9. The monoisotopic (exact) mass is 657 g/mol. The lowest BCUT2D eigenvalue weighted by atomic mass is 9.95. The Hall–Kier alpha value is -4.35. The summed E-state index contributed by atoms with van der Waals surface area (Å²) in [5, 5.41) is 5.89. The van der Waals surface area contributed by atoms with E-state index in [9.17, 15) is 19.2 Å². The van der Waals surface area contributed by atoms with Crippen molar-refractivity contribution in [1.29, 1.82) is 0 Å². The van der Waals surface area contributed by atoms with Crippen molar-refractivity contribution in [2.24, 2.45) is 0 Å². The Morgan fingerprint density at radius 1 is 1.00 bits per heavy atom. The number of thiophene rings is 1. The van der Waals surface area contributed by atoms with Crippen LogP contribution in [-0.4, -0.2) is 63.3 Å². The minimum Gasteiger partial charge on any atom is -0.451 e. The quantitative estimate of drug-likeness (QED) is 0.186. The summed E-state index contributed by atoms with van der Waals surface area (Å²) in [6, 6.07) is 20.8. The van der Waals surface area contributed by atoms with Crippen LogP contribution in [0.25, 0.3) is 0 Å². The van der Waals surface area contributed by atoms with Crippen molar-refractivity contribution < 1.29 is 28.7 Å². The molecule has 0 spiro atoms. The number of β-lactam (4-membered cyclic amide) rings is 1. The summed E-state index contributed by atoms with van der Waals surface area (Å²) in [5.74, 6) is -1.15. The molecule has 3 aliphatic rings. The minimum absolute atomic E-state index is 0.0978. The van der Waals surface area contributed by atoms with E-state index in [-0.39, 0.29) is 5.91 Å². The predicted molar refractivity (Wildman–Crippen MR) is 177 cm³/mol. The van der Waals surface area contributed by atoms with Crippen LogP contribution in [0, 0.1) is 0 Å². The second-order valence-corrected chi connectivity index (χ2v) is 14.3. The number of benzene rings is 2. The Labute approximate surface area is 276 Å². The number of carbonyl (C=O) groups excluding carboxylic acids is 4. The van der Waals surface area contributed by atoms with E-state index in [4.69, 9.17) is 9.47 Å². The first-order chi connectivity index (χ1) is 22.1. The highest BCUT2D eigenvalue weighted by Gasteiger charge is 2.56. The van der Waals surface area contributed by atoms with Gasteiger partial charge < -0.3 is 24.6 Å². The number of nitrogens with one attached hydrogen (secondary N) is 1. The highest BCUT2D eigenvalue weighted by atomic mass is 32.2. The van der Waals surface area contributed by atoms with E-state index in [1.54, 1.807) is 48.5 Å². The number of hydrogen-bond donors (Lipinski definition) is 1. The average Bonchev–Trinajstić information content (AvgIpc) is 3.68. The molecule has 1 aromatic heterocycles. The third-order valence-corrected chi connectivity index (χ3v) is 9.88. The van der Waals surface area contributed by atoms with Gasteiger partial charge in [0, 0.05) is 17.0 Å². The molecule has 3 aliphatic heterocycles. The van der Waals surface area contributed by atoms with Crippen LogP contribution in [0.2, 0.25) is 0 Å². The van der Waals surface area contributed by atoms with Crippen molar-refractivity contribution in [3.63, 3.8) is 0 Å². The number of carbonyl (C=O) groups is 4. The zero-order valence-corrected chi connectivity index (χ0v) is 27.4. The molecule has 11 heteroatoms. The van der Waals surface area contributed by atoms with Crippen LogP contribution in [0.5, 0.6) is 0 Å². The molecular formula is C35H35N3O6S2. The number of hydrogen-bond acceptors (Lipinski definition) is 8. The van der Waals surface area contributed by atoms with Gasteiger partial charge in [-0.1, -0.05) is 66.7 Å². The molecule has 0 aliphatic carbocycles. The third-order valence-electron chi connectivity index (χ3n) is 7.83. The van der Waals surface area contributed by atoms with Crippen molar-refractivity contribution in [2.45, 2.75) is 62.9 Å². The molecule has 0 bridgehead atoms. The second kappa shape index (κ2) is 13.2. The lowest BCUT2D eigenvalue weighted by Gasteiger charge is -2.51. The van der Waals surface area contributed by atoms with Crippen molar-refractivity contribution in [3.8, 4) is 0 Å². The second-order valence-electron chi connectivity index (χ2n) is 12.3. The molecule has 9 nitrogen and oxygen atoms in total. The van der Waals surface area contributed by atoms with E-state index in [1.165, 1.54) is 16.7 Å². The van der Waals surface area contributed by atoms with Crippen molar-refractivity contribution in [2.75, 3.05) is 6.54 Å². The molecule has 6 rings (SSSR count). The van der Waals surface area contributed by atoms with Gasteiger partial charge in [0.15, 0.2) is 12.1 Å². The molecule has 3 atom stereocenters. The van der Waals surface area contributed by atoms with Crippen molar-refractivity contribution in [3.05, 3.63) is 117 Å². The van der Waals surface area contributed by atoms with E-state index >= 15 is 0 Å². The molecule has 238 valence electrons. The molecule has 3 amide bonds. The largest absolute Gasteiger partial charge is 0.451 e. The fourth-order valence-electron chi connectivity index (χ4n) is 5.72. The van der Waals surface area contributed by atoms with Gasteiger partial charge in [-0.05, 0) is 66.8 Å². The van der Waals surface area contributed by atoms with E-state index in [2.05, 4.69) is 5.32 Å². The topological polar surface area (TPSA) is 105 Å². The fourth-order valence-corrected chi connectivity index (χ4v) is 7.63. The Morgan fingerprint density at radius 2 is 1.67 bits per heavy atom. The molecule has 1 N–H and O–H groups in total. The van der Waals surface area contributed by atoms with Crippen LogP contribution in [0.3, 0.4) is 0 Å². The smallest absolute Gasteiger partial charge is 0.408 e. The minimum atomic E-state index is -1.11. The lowest BCUT2D eigenvalue weighted by molar-refractivity contribution is -0.164. The van der Waals surface area contributed by atoms with Crippen LogP contribution in [0.4, 0.5) is 4.79 Å². The Morgan fingerprint density at radius 3 is 2.28 bits per heavy atom. The first kappa shape index (κ1) is 31.6. The van der Waals surface area contributed by atoms with Gasteiger partial charge in [0.05, 0.1) is 6.54 Å². The highest BCUT2D eigenvalue weighted by Crippen LogP contribution is 2.42. The molecule has 2 fully saturated rings. The van der Waals surface area contributed by atoms with Gasteiger partial charge in [-0.15, -0.1) is 23.1 Å². The molecule has 4 heterocycles. The van der Waals surface area contributed by atoms with Gasteiger partial charge in [-0.2, -0.15) is 0 Å². The van der Waals surface area contributed by atoms with Crippen LogP contribution in [0.15, 0.2) is 101 Å². The van der Waals surface area contributed by atoms with Gasteiger partial charge in [-0.3, -0.25) is 9.59 Å². The summed E-state index contributed by atoms with van der Waals surface area (Å²) in [6.07, 6.45) is 0.814. The van der Waals surface area contributed by atoms with E-state index < -0.39 is 47.1 Å². The molecule has 0 unspecified atom stereocenters. The number of amides is 3. The zero-order chi connectivity index (χ0) is 32.4. The van der Waals surface area contributed by atoms with E-state index in [1.807, 2.05) is 78.2 Å². The number of likely N-dealkylation sites (tertiary alicyclic amines) is 1. The van der Waals surface area contributed by atoms with Gasteiger partial charge in [0.25, 0.3) is 0 Å². The Bertz CT molecular complexity index is 1630. The molecular weight excluding hydrogens is 623 g/mol. The Kier molecular flexibility index (Phi) is 9.06. The Balaban J connectivity index is 1.29. The molecule has 0 radical (unpaired) electrons. The number of fused-ring (bicyclic) bond motifs is 1. The van der Waals surface area contributed by atoms with Crippen LogP contribution in [-0.2, 0) is 30.4 Å². The summed E-state index contributed by atoms with van der Waals surface area (Å²) in [5.41, 5.74) is 1.89. The van der Waals surface area contributed by atoms with E-state index in [0.29, 0.717) is 30.7 Å². The van der Waals surface area contributed by atoms with Gasteiger partial charge in [0.1, 0.15) is 17.0 Å². The summed E-state index contributed by atoms with van der Waals surface area (Å²) in [7, 11) is 0. The van der Waals surface area contributed by atoms with Gasteiger partial charge in [-0.25, -0.2) is 9.59 Å². The van der Waals surface area contributed by atoms with Crippen LogP contribution >= 0.6 is 23.1 Å². The zero-order valence-electron chi connectivity index (χ0n) is 25.8. The standard InChI is InChI=1S/C35H35N3O6S2/c1-35(2,3)44-34(42)36-27-31(40)38-28(33(41)43-29(22-11-6-4-7-12-22)23-13-8-5-9-14-23)25(21-46-32(27)38)19-24-16-17-37(30(24)39)20-26-15-10-18-45-26/h4-15,18-19,21,27-29,32H,16-17,20H2,1-3H3,(H,36,42)/b24-19+/t27-,28-,32-/m1/s1. The van der Waals surface area contributed by atoms with Crippen LogP contribution < -0.4 is 5.32 Å². The lowest BCUT2D eigenvalue weighted by Crippen LogP contribution is -2.74. The summed E-state index contributed by atoms with van der Waals surface area (Å²) >= 11 is 2.91. The molecule has 46 heavy (non-hydrogen) atoms. The number of thioether (sulfide) groups is 1. The number of rotatable bonds is 8. The molecule has 3 aromatic rings. The maximum Gasteiger partial charge on any atom is 0.408 e. The van der Waals surface area contributed by atoms with E-state index in [0.717, 1.165) is 16.0 Å². The highest BCUT2D eigenvalue weighted by molar-refractivity contribution is 8.03. The number of ether oxygens (including phenoxy) is 2. The number of esters is 1. The average molecular weight is 658 g/mol. The maximum absolute atomic E-state index is 14.2. The maximum atomic E-state index is 14.2. The normalized spacial score (nSPS) is 22.0. The first-order valence-electron chi connectivity index (χ1n) is 15.1. The molecule has 2 aromatic carbocycles. The summed E-state index contributed by atoms with van der Waals surface area (Å²) < 4.78 is 11.6. The van der Waals surface area contributed by atoms with Crippen molar-refractivity contribution >= 4 is 47.0 Å². The number of nitrogens with zero attached hydrogens (tertiary/aromatic N) is 2. The summed E-state index contributed by atoms with van der Waals surface area (Å²) in [4.78, 5) is 58.2. The SMILES string of the molecule is CC(C)(C)OC(=O)N[C@@H]1C(=O)N2[C@@H](C(=O)OC(c3ccccc3)c3ccccc3)C(/C=C3\CCN(Cc4cccs4)C3=O)=CS[C@H]12. The number of alkyl carbamates (subject to hydrolysis) is 1. The molecule has 2 saturated heterocycles. The van der Waals surface area contributed by atoms with Gasteiger partial charge >= 0.3 is 12.1 Å². The fraction of sp³-hybridized carbons (Fsp3) is 0.314. The van der Waals surface area contributed by atoms with Gasteiger partial charge in [0.2, 0.25) is 11.8 Å². The molecule has 0 saturated carbocycles. The third kappa shape index (κ3) is 6.75. The summed E-state index contributed by atoms with van der Waals surface area (Å²) in [6.45, 7) is 6.32.